The summed E-state index contributed by atoms with van der Waals surface area (Å²) in [5.74, 6) is -1.13. The van der Waals surface area contributed by atoms with Gasteiger partial charge in [-0.1, -0.05) is 23.3 Å². The molecule has 1 aliphatic heterocycles. The van der Waals surface area contributed by atoms with Crippen LogP contribution >= 0.6 is 0 Å². The van der Waals surface area contributed by atoms with Crippen molar-refractivity contribution in [2.45, 2.75) is 60.0 Å². The van der Waals surface area contributed by atoms with E-state index in [0.29, 0.717) is 23.3 Å². The number of allylic oxidation sites excluding steroid dienone is 4. The van der Waals surface area contributed by atoms with Crippen molar-refractivity contribution in [2.24, 2.45) is 0 Å². The number of aromatic hydroxyl groups is 4. The minimum atomic E-state index is -0.652. The first kappa shape index (κ1) is 25.9. The molecule has 0 radical (unpaired) electrons. The molecule has 0 unspecified atom stereocenters. The van der Waals surface area contributed by atoms with Gasteiger partial charge in [0.15, 0.2) is 17.1 Å². The van der Waals surface area contributed by atoms with Crippen LogP contribution in [0.25, 0.3) is 28.4 Å². The van der Waals surface area contributed by atoms with Crippen molar-refractivity contribution in [1.29, 1.82) is 0 Å². The van der Waals surface area contributed by atoms with E-state index in [1.165, 1.54) is 0 Å². The highest BCUT2D eigenvalue weighted by Gasteiger charge is 2.31. The smallest absolute Gasteiger partial charge is 0.200 e. The summed E-state index contributed by atoms with van der Waals surface area (Å²) in [4.78, 5) is 14.0. The summed E-state index contributed by atoms with van der Waals surface area (Å²) in [7, 11) is 0. The Bertz CT molecular complexity index is 1560. The third-order valence-electron chi connectivity index (χ3n) is 6.28. The van der Waals surface area contributed by atoms with Crippen LogP contribution in [0.3, 0.4) is 0 Å². The monoisotopic (exact) mass is 504 g/mol. The van der Waals surface area contributed by atoms with Crippen LogP contribution in [0.2, 0.25) is 0 Å². The van der Waals surface area contributed by atoms with Gasteiger partial charge in [-0.15, -0.1) is 0 Å². The molecule has 0 spiro atoms. The Morgan fingerprint density at radius 3 is 2.11 bits per heavy atom. The number of hydrogen-bond acceptors (Lipinski definition) is 7. The second-order valence-corrected chi connectivity index (χ2v) is 10.4. The molecule has 3 aromatic rings. The molecule has 0 saturated heterocycles. The Kier molecular flexibility index (Phi) is 6.59. The van der Waals surface area contributed by atoms with E-state index in [1.807, 2.05) is 65.8 Å². The fraction of sp³-hybridized carbons (Fsp3) is 0.300. The fourth-order valence-electron chi connectivity index (χ4n) is 4.30. The van der Waals surface area contributed by atoms with Gasteiger partial charge in [0.25, 0.3) is 0 Å². The second kappa shape index (κ2) is 9.39. The summed E-state index contributed by atoms with van der Waals surface area (Å²) < 4.78 is 12.6. The van der Waals surface area contributed by atoms with Crippen LogP contribution < -0.4 is 10.2 Å². The van der Waals surface area contributed by atoms with Crippen LogP contribution in [-0.2, 0) is 12.8 Å². The van der Waals surface area contributed by atoms with Gasteiger partial charge in [0.1, 0.15) is 34.0 Å². The molecular weight excluding hydrogens is 472 g/mol. The normalized spacial score (nSPS) is 13.7. The third-order valence-corrected chi connectivity index (χ3v) is 6.28. The van der Waals surface area contributed by atoms with Crippen molar-refractivity contribution in [1.82, 2.24) is 0 Å². The van der Waals surface area contributed by atoms with Crippen LogP contribution in [-0.4, -0.2) is 26.0 Å². The Morgan fingerprint density at radius 1 is 0.892 bits per heavy atom. The van der Waals surface area contributed by atoms with Crippen LogP contribution in [0.15, 0.2) is 50.7 Å². The van der Waals surface area contributed by atoms with Crippen LogP contribution in [0.4, 0.5) is 0 Å². The summed E-state index contributed by atoms with van der Waals surface area (Å²) in [6.07, 6.45) is 7.96. The molecular formula is C30H32O7. The molecule has 0 fully saturated rings. The van der Waals surface area contributed by atoms with E-state index in [0.717, 1.165) is 23.3 Å². The summed E-state index contributed by atoms with van der Waals surface area (Å²) in [6, 6.07) is 2.13. The maximum absolute atomic E-state index is 14.0. The van der Waals surface area contributed by atoms with Gasteiger partial charge in [-0.3, -0.25) is 4.79 Å². The summed E-state index contributed by atoms with van der Waals surface area (Å²) in [5, 5.41) is 42.0. The number of hydrogen-bond donors (Lipinski definition) is 4. The van der Waals surface area contributed by atoms with E-state index in [1.54, 1.807) is 0 Å². The molecule has 1 aromatic heterocycles. The number of phenolic OH excluding ortho intramolecular Hbond substituents is 4. The van der Waals surface area contributed by atoms with Gasteiger partial charge in [0.05, 0.1) is 11.1 Å². The summed E-state index contributed by atoms with van der Waals surface area (Å²) >= 11 is 0. The SMILES string of the molecule is CC(C)=CCc1c2c(c3oc(-c4cc(O)c(O)cc4O)c(CC=C(C)C)c(=O)c3c1O)C=CC(C)(C)O2. The van der Waals surface area contributed by atoms with Gasteiger partial charge >= 0.3 is 0 Å². The molecule has 194 valence electrons. The lowest BCUT2D eigenvalue weighted by Crippen LogP contribution is -2.28. The highest BCUT2D eigenvalue weighted by molar-refractivity contribution is 5.97. The third kappa shape index (κ3) is 4.81. The Morgan fingerprint density at radius 2 is 1.49 bits per heavy atom. The first-order valence-electron chi connectivity index (χ1n) is 12.1. The van der Waals surface area contributed by atoms with Gasteiger partial charge in [0.2, 0.25) is 5.43 Å². The second-order valence-electron chi connectivity index (χ2n) is 10.4. The van der Waals surface area contributed by atoms with E-state index in [4.69, 9.17) is 9.15 Å². The zero-order chi connectivity index (χ0) is 27.2. The van der Waals surface area contributed by atoms with Crippen molar-refractivity contribution in [3.8, 4) is 40.1 Å². The Labute approximate surface area is 215 Å². The van der Waals surface area contributed by atoms with E-state index < -0.39 is 22.5 Å². The van der Waals surface area contributed by atoms with Gasteiger partial charge in [-0.2, -0.15) is 0 Å². The maximum atomic E-state index is 14.0. The molecule has 0 atom stereocenters. The van der Waals surface area contributed by atoms with Crippen molar-refractivity contribution in [2.75, 3.05) is 0 Å². The maximum Gasteiger partial charge on any atom is 0.200 e. The molecule has 0 aliphatic carbocycles. The zero-order valence-corrected chi connectivity index (χ0v) is 21.9. The minimum absolute atomic E-state index is 0.0206. The largest absolute Gasteiger partial charge is 0.507 e. The van der Waals surface area contributed by atoms with Gasteiger partial charge < -0.3 is 29.6 Å². The number of benzene rings is 2. The molecule has 0 amide bonds. The van der Waals surface area contributed by atoms with E-state index in [9.17, 15) is 25.2 Å². The molecule has 4 N–H and O–H groups in total. The highest BCUT2D eigenvalue weighted by atomic mass is 16.5. The Balaban J connectivity index is 2.17. The predicted octanol–water partition coefficient (Wildman–Crippen LogP) is 6.48. The van der Waals surface area contributed by atoms with Crippen molar-refractivity contribution in [3.05, 3.63) is 68.4 Å². The molecule has 4 rings (SSSR count). The van der Waals surface area contributed by atoms with E-state index >= 15 is 0 Å². The summed E-state index contributed by atoms with van der Waals surface area (Å²) in [6.45, 7) is 11.5. The fourth-order valence-corrected chi connectivity index (χ4v) is 4.30. The quantitative estimate of drug-likeness (QED) is 0.178. The zero-order valence-electron chi connectivity index (χ0n) is 21.9. The van der Waals surface area contributed by atoms with Crippen molar-refractivity contribution >= 4 is 17.0 Å². The standard InChI is InChI=1S/C30H32O7/c1-15(2)7-9-17-25(34)24-26(35)18(10-8-16(3)4)28-19(11-12-30(5,6)37-28)29(24)36-27(17)20-13-22(32)23(33)14-21(20)31/h7-8,11-14,31-33,35H,9-10H2,1-6H3. The van der Waals surface area contributed by atoms with Crippen LogP contribution in [0, 0.1) is 0 Å². The molecule has 7 heteroatoms. The van der Waals surface area contributed by atoms with Gasteiger partial charge in [0, 0.05) is 17.2 Å². The van der Waals surface area contributed by atoms with E-state index in [2.05, 4.69) is 0 Å². The van der Waals surface area contributed by atoms with Gasteiger partial charge in [-0.25, -0.2) is 0 Å². The predicted molar refractivity (Wildman–Crippen MR) is 145 cm³/mol. The molecule has 1 aliphatic rings. The Hall–Kier alpha value is -4.13. The molecule has 2 aromatic carbocycles. The van der Waals surface area contributed by atoms with E-state index in [-0.39, 0.29) is 45.8 Å². The number of rotatable bonds is 5. The lowest BCUT2D eigenvalue weighted by Gasteiger charge is -2.30. The molecule has 0 bridgehead atoms. The lowest BCUT2D eigenvalue weighted by atomic mass is 9.92. The summed E-state index contributed by atoms with van der Waals surface area (Å²) in [5.41, 5.74) is 2.21. The van der Waals surface area contributed by atoms with Crippen LogP contribution in [0.5, 0.6) is 28.7 Å². The topological polar surface area (TPSA) is 120 Å². The molecule has 0 saturated carbocycles. The number of fused-ring (bicyclic) bond motifs is 3. The molecule has 2 heterocycles. The first-order valence-corrected chi connectivity index (χ1v) is 12.1. The number of phenols is 4. The lowest BCUT2D eigenvalue weighted by molar-refractivity contribution is 0.157. The molecule has 37 heavy (non-hydrogen) atoms. The van der Waals surface area contributed by atoms with Gasteiger partial charge in [-0.05, 0) is 72.6 Å². The molecule has 7 nitrogen and oxygen atoms in total. The highest BCUT2D eigenvalue weighted by Crippen LogP contribution is 2.47. The number of ether oxygens (including phenoxy) is 1. The minimum Gasteiger partial charge on any atom is -0.507 e. The first-order chi connectivity index (χ1) is 17.3. The van der Waals surface area contributed by atoms with Crippen LogP contribution in [0.1, 0.15) is 58.2 Å². The van der Waals surface area contributed by atoms with Crippen molar-refractivity contribution in [3.63, 3.8) is 0 Å². The average molecular weight is 505 g/mol. The van der Waals surface area contributed by atoms with Crippen molar-refractivity contribution < 1.29 is 29.6 Å². The average Bonchev–Trinajstić information content (AvgIpc) is 2.79.